The summed E-state index contributed by atoms with van der Waals surface area (Å²) in [6, 6.07) is 8.53. The molecule has 0 saturated heterocycles. The van der Waals surface area contributed by atoms with Gasteiger partial charge in [-0.2, -0.15) is 0 Å². The van der Waals surface area contributed by atoms with E-state index >= 15 is 0 Å². The first kappa shape index (κ1) is 13.2. The van der Waals surface area contributed by atoms with Gasteiger partial charge in [-0.3, -0.25) is 0 Å². The molecule has 1 rings (SSSR count). The Kier molecular flexibility index (Phi) is 4.97. The van der Waals surface area contributed by atoms with Gasteiger partial charge in [-0.1, -0.05) is 37.6 Å². The minimum absolute atomic E-state index is 0.0782. The lowest BCUT2D eigenvalue weighted by molar-refractivity contribution is 0.373. The highest BCUT2D eigenvalue weighted by molar-refractivity contribution is 5.34. The summed E-state index contributed by atoms with van der Waals surface area (Å²) >= 11 is 0. The highest BCUT2D eigenvalue weighted by Crippen LogP contribution is 2.33. The van der Waals surface area contributed by atoms with Crippen molar-refractivity contribution in [3.63, 3.8) is 0 Å². The van der Waals surface area contributed by atoms with Gasteiger partial charge >= 0.3 is 0 Å². The molecule has 0 amide bonds. The first-order valence-corrected chi connectivity index (χ1v) is 6.16. The summed E-state index contributed by atoms with van der Waals surface area (Å²) in [5, 5.41) is 0. The van der Waals surface area contributed by atoms with E-state index in [2.05, 4.69) is 38.1 Å². The predicted molar refractivity (Wildman–Crippen MR) is 70.5 cm³/mol. The van der Waals surface area contributed by atoms with Crippen molar-refractivity contribution in [2.24, 2.45) is 11.5 Å². The van der Waals surface area contributed by atoms with Gasteiger partial charge in [0.05, 0.1) is 0 Å². The number of hydrogen-bond acceptors (Lipinski definition) is 2. The lowest BCUT2D eigenvalue weighted by Crippen LogP contribution is -2.37. The zero-order chi connectivity index (χ0) is 12.0. The van der Waals surface area contributed by atoms with Crippen LogP contribution in [0.15, 0.2) is 24.3 Å². The van der Waals surface area contributed by atoms with Crippen LogP contribution in [0.2, 0.25) is 0 Å². The smallest absolute Gasteiger partial charge is 0.00900 e. The standard InChI is InChI=1S/C14H24N2/c1-3-8-14(11-16,9-10-15)13-7-5-4-6-12(13)2/h4-7H,3,8-11,15-16H2,1-2H3. The lowest BCUT2D eigenvalue weighted by Gasteiger charge is -2.34. The Balaban J connectivity index is 3.13. The quantitative estimate of drug-likeness (QED) is 0.773. The number of aryl methyl sites for hydroxylation is 1. The second-order valence-electron chi connectivity index (χ2n) is 4.59. The minimum atomic E-state index is 0.0782. The van der Waals surface area contributed by atoms with Crippen molar-refractivity contribution in [2.75, 3.05) is 13.1 Å². The molecule has 2 nitrogen and oxygen atoms in total. The Labute approximate surface area is 99.0 Å². The van der Waals surface area contributed by atoms with E-state index in [-0.39, 0.29) is 5.41 Å². The van der Waals surface area contributed by atoms with Crippen molar-refractivity contribution < 1.29 is 0 Å². The van der Waals surface area contributed by atoms with E-state index in [0.29, 0.717) is 13.1 Å². The molecule has 4 N–H and O–H groups in total. The third-order valence-electron chi connectivity index (χ3n) is 3.46. The molecule has 0 heterocycles. The molecule has 0 spiro atoms. The van der Waals surface area contributed by atoms with Crippen LogP contribution >= 0.6 is 0 Å². The summed E-state index contributed by atoms with van der Waals surface area (Å²) in [5.41, 5.74) is 14.6. The van der Waals surface area contributed by atoms with Crippen LogP contribution in [0.3, 0.4) is 0 Å². The second-order valence-corrected chi connectivity index (χ2v) is 4.59. The summed E-state index contributed by atoms with van der Waals surface area (Å²) in [4.78, 5) is 0. The number of rotatable bonds is 6. The fraction of sp³-hybridized carbons (Fsp3) is 0.571. The van der Waals surface area contributed by atoms with Crippen molar-refractivity contribution in [2.45, 2.75) is 38.5 Å². The molecule has 0 radical (unpaired) electrons. The maximum Gasteiger partial charge on any atom is 0.00900 e. The first-order chi connectivity index (χ1) is 7.70. The molecule has 0 fully saturated rings. The fourth-order valence-electron chi connectivity index (χ4n) is 2.63. The summed E-state index contributed by atoms with van der Waals surface area (Å²) in [6.07, 6.45) is 3.24. The Morgan fingerprint density at radius 2 is 1.81 bits per heavy atom. The summed E-state index contributed by atoms with van der Waals surface area (Å²) in [7, 11) is 0. The van der Waals surface area contributed by atoms with E-state index in [4.69, 9.17) is 11.5 Å². The van der Waals surface area contributed by atoms with E-state index in [9.17, 15) is 0 Å². The van der Waals surface area contributed by atoms with Crippen molar-refractivity contribution in [3.05, 3.63) is 35.4 Å². The van der Waals surface area contributed by atoms with E-state index in [1.165, 1.54) is 11.1 Å². The van der Waals surface area contributed by atoms with Crippen molar-refractivity contribution in [3.8, 4) is 0 Å². The van der Waals surface area contributed by atoms with E-state index in [1.807, 2.05) is 0 Å². The molecule has 0 aromatic heterocycles. The number of hydrogen-bond donors (Lipinski definition) is 2. The Morgan fingerprint density at radius 3 is 2.31 bits per heavy atom. The number of benzene rings is 1. The predicted octanol–water partition coefficient (Wildman–Crippen LogP) is 2.34. The molecule has 90 valence electrons. The fourth-order valence-corrected chi connectivity index (χ4v) is 2.63. The maximum absolute atomic E-state index is 6.03. The van der Waals surface area contributed by atoms with Crippen LogP contribution in [-0.2, 0) is 5.41 Å². The van der Waals surface area contributed by atoms with E-state index in [1.54, 1.807) is 0 Å². The number of nitrogens with two attached hydrogens (primary N) is 2. The molecule has 0 aliphatic heterocycles. The van der Waals surface area contributed by atoms with Crippen LogP contribution in [0.25, 0.3) is 0 Å². The van der Waals surface area contributed by atoms with Crippen LogP contribution in [0, 0.1) is 6.92 Å². The van der Waals surface area contributed by atoms with Gasteiger partial charge in [-0.15, -0.1) is 0 Å². The van der Waals surface area contributed by atoms with Crippen LogP contribution in [-0.4, -0.2) is 13.1 Å². The Morgan fingerprint density at radius 1 is 1.12 bits per heavy atom. The largest absolute Gasteiger partial charge is 0.330 e. The molecule has 1 atom stereocenters. The van der Waals surface area contributed by atoms with Crippen molar-refractivity contribution in [1.82, 2.24) is 0 Å². The van der Waals surface area contributed by atoms with Crippen LogP contribution in [0.4, 0.5) is 0 Å². The molecule has 0 aliphatic carbocycles. The normalized spacial score (nSPS) is 14.8. The Bertz CT molecular complexity index is 314. The molecule has 16 heavy (non-hydrogen) atoms. The summed E-state index contributed by atoms with van der Waals surface area (Å²) < 4.78 is 0. The molecule has 0 bridgehead atoms. The highest BCUT2D eigenvalue weighted by Gasteiger charge is 2.30. The van der Waals surface area contributed by atoms with Gasteiger partial charge in [0.1, 0.15) is 0 Å². The molecular weight excluding hydrogens is 196 g/mol. The van der Waals surface area contributed by atoms with Gasteiger partial charge in [0.25, 0.3) is 0 Å². The van der Waals surface area contributed by atoms with E-state index in [0.717, 1.165) is 19.3 Å². The van der Waals surface area contributed by atoms with Gasteiger partial charge in [-0.25, -0.2) is 0 Å². The lowest BCUT2D eigenvalue weighted by atomic mass is 9.72. The van der Waals surface area contributed by atoms with Crippen LogP contribution in [0.5, 0.6) is 0 Å². The second kappa shape index (κ2) is 6.02. The van der Waals surface area contributed by atoms with Gasteiger partial charge in [0.15, 0.2) is 0 Å². The zero-order valence-corrected chi connectivity index (χ0v) is 10.5. The molecule has 0 aliphatic rings. The van der Waals surface area contributed by atoms with Crippen molar-refractivity contribution >= 4 is 0 Å². The molecule has 0 saturated carbocycles. The topological polar surface area (TPSA) is 52.0 Å². The highest BCUT2D eigenvalue weighted by atomic mass is 14.6. The van der Waals surface area contributed by atoms with Crippen LogP contribution < -0.4 is 11.5 Å². The molecule has 1 unspecified atom stereocenters. The molecule has 2 heteroatoms. The minimum Gasteiger partial charge on any atom is -0.330 e. The first-order valence-electron chi connectivity index (χ1n) is 6.16. The van der Waals surface area contributed by atoms with Gasteiger partial charge in [0.2, 0.25) is 0 Å². The van der Waals surface area contributed by atoms with Gasteiger partial charge in [0, 0.05) is 12.0 Å². The van der Waals surface area contributed by atoms with Crippen molar-refractivity contribution in [1.29, 1.82) is 0 Å². The summed E-state index contributed by atoms with van der Waals surface area (Å²) in [6.45, 7) is 5.75. The average Bonchev–Trinajstić information content (AvgIpc) is 2.29. The van der Waals surface area contributed by atoms with Gasteiger partial charge < -0.3 is 11.5 Å². The zero-order valence-electron chi connectivity index (χ0n) is 10.5. The average molecular weight is 220 g/mol. The monoisotopic (exact) mass is 220 g/mol. The summed E-state index contributed by atoms with van der Waals surface area (Å²) in [5.74, 6) is 0. The third-order valence-corrected chi connectivity index (χ3v) is 3.46. The maximum atomic E-state index is 6.03. The van der Waals surface area contributed by atoms with E-state index < -0.39 is 0 Å². The van der Waals surface area contributed by atoms with Crippen LogP contribution in [0.1, 0.15) is 37.3 Å². The third kappa shape index (κ3) is 2.63. The molecule has 1 aromatic rings. The SMILES string of the molecule is CCCC(CN)(CCN)c1ccccc1C. The molecular formula is C14H24N2. The van der Waals surface area contributed by atoms with Gasteiger partial charge in [-0.05, 0) is 37.4 Å². The Hall–Kier alpha value is -0.860. The molecule has 1 aromatic carbocycles.